The van der Waals surface area contributed by atoms with E-state index in [2.05, 4.69) is 4.74 Å². The minimum Gasteiger partial charge on any atom is -0.497 e. The van der Waals surface area contributed by atoms with Crippen LogP contribution >= 0.6 is 0 Å². The van der Waals surface area contributed by atoms with Crippen molar-refractivity contribution in [1.29, 1.82) is 5.26 Å². The summed E-state index contributed by atoms with van der Waals surface area (Å²) in [4.78, 5) is 21.6. The first-order chi connectivity index (χ1) is 8.54. The highest BCUT2D eigenvalue weighted by Gasteiger charge is 2.29. The molecule has 0 bridgehead atoms. The van der Waals surface area contributed by atoms with Crippen LogP contribution in [0.4, 0.5) is 5.69 Å². The molecule has 0 aliphatic rings. The van der Waals surface area contributed by atoms with Crippen LogP contribution in [0.3, 0.4) is 0 Å². The molecule has 1 rings (SSSR count). The lowest BCUT2D eigenvalue weighted by molar-refractivity contribution is -0.385. The monoisotopic (exact) mass is 250 g/mol. The first kappa shape index (κ1) is 13.4. The zero-order valence-corrected chi connectivity index (χ0v) is 9.75. The van der Waals surface area contributed by atoms with E-state index in [0.29, 0.717) is 0 Å². The Morgan fingerprint density at radius 3 is 2.61 bits per heavy atom. The second-order valence-corrected chi connectivity index (χ2v) is 3.27. The molecule has 0 aliphatic heterocycles. The van der Waals surface area contributed by atoms with E-state index in [1.165, 1.54) is 19.2 Å². The Morgan fingerprint density at radius 1 is 1.50 bits per heavy atom. The third-order valence-corrected chi connectivity index (χ3v) is 2.31. The fourth-order valence-corrected chi connectivity index (χ4v) is 1.42. The third kappa shape index (κ3) is 2.55. The molecule has 0 spiro atoms. The van der Waals surface area contributed by atoms with E-state index in [1.807, 2.05) is 0 Å². The quantitative estimate of drug-likeness (QED) is 0.454. The average Bonchev–Trinajstić information content (AvgIpc) is 2.39. The van der Waals surface area contributed by atoms with Crippen molar-refractivity contribution in [1.82, 2.24) is 0 Å². The summed E-state index contributed by atoms with van der Waals surface area (Å²) in [6, 6.07) is 5.58. The maximum Gasteiger partial charge on any atom is 0.327 e. The molecule has 1 aromatic carbocycles. The number of nitro benzene ring substituents is 1. The summed E-state index contributed by atoms with van der Waals surface area (Å²) in [5.74, 6) is -1.90. The number of nitro groups is 1. The van der Waals surface area contributed by atoms with E-state index < -0.39 is 16.8 Å². The molecular formula is C11H10N2O5. The summed E-state index contributed by atoms with van der Waals surface area (Å²) in [5, 5.41) is 19.8. The van der Waals surface area contributed by atoms with Crippen LogP contribution < -0.4 is 4.74 Å². The normalized spacial score (nSPS) is 11.2. The Morgan fingerprint density at radius 2 is 2.17 bits per heavy atom. The molecule has 0 saturated carbocycles. The van der Waals surface area contributed by atoms with E-state index in [0.717, 1.165) is 13.2 Å². The SMILES string of the molecule is COC(=O)C(C#N)c1ccc(OC)cc1[N+](=O)[O-]. The minimum absolute atomic E-state index is 0.0184. The molecule has 0 amide bonds. The largest absolute Gasteiger partial charge is 0.497 e. The van der Waals surface area contributed by atoms with Gasteiger partial charge in [-0.2, -0.15) is 5.26 Å². The van der Waals surface area contributed by atoms with Gasteiger partial charge in [0.25, 0.3) is 5.69 Å². The number of carbonyl (C=O) groups is 1. The summed E-state index contributed by atoms with van der Waals surface area (Å²) >= 11 is 0. The van der Waals surface area contributed by atoms with Gasteiger partial charge in [-0.05, 0) is 12.1 Å². The molecule has 0 N–H and O–H groups in total. The van der Waals surface area contributed by atoms with Gasteiger partial charge in [-0.25, -0.2) is 0 Å². The number of methoxy groups -OCH3 is 2. The average molecular weight is 250 g/mol. The zero-order chi connectivity index (χ0) is 13.7. The Balaban J connectivity index is 3.35. The van der Waals surface area contributed by atoms with Gasteiger partial charge in [-0.3, -0.25) is 14.9 Å². The number of ether oxygens (including phenoxy) is 2. The first-order valence-electron chi connectivity index (χ1n) is 4.85. The van der Waals surface area contributed by atoms with Crippen molar-refractivity contribution in [2.45, 2.75) is 5.92 Å². The van der Waals surface area contributed by atoms with Gasteiger partial charge in [0, 0.05) is 0 Å². The standard InChI is InChI=1S/C11H10N2O5/c1-17-7-3-4-8(10(5-7)13(15)16)9(6-12)11(14)18-2/h3-5,9H,1-2H3. The van der Waals surface area contributed by atoms with Gasteiger partial charge in [0.1, 0.15) is 5.75 Å². The van der Waals surface area contributed by atoms with E-state index in [9.17, 15) is 14.9 Å². The van der Waals surface area contributed by atoms with Crippen molar-refractivity contribution in [3.8, 4) is 11.8 Å². The van der Waals surface area contributed by atoms with Crippen molar-refractivity contribution in [3.05, 3.63) is 33.9 Å². The molecule has 94 valence electrons. The number of rotatable bonds is 4. The lowest BCUT2D eigenvalue weighted by atomic mass is 9.98. The number of hydrogen-bond donors (Lipinski definition) is 0. The number of hydrogen-bond acceptors (Lipinski definition) is 6. The van der Waals surface area contributed by atoms with E-state index in [-0.39, 0.29) is 17.0 Å². The predicted octanol–water partition coefficient (Wildman–Crippen LogP) is 1.38. The molecule has 1 atom stereocenters. The van der Waals surface area contributed by atoms with Gasteiger partial charge in [-0.1, -0.05) is 0 Å². The van der Waals surface area contributed by atoms with Crippen molar-refractivity contribution in [2.75, 3.05) is 14.2 Å². The molecule has 0 radical (unpaired) electrons. The highest BCUT2D eigenvalue weighted by molar-refractivity contribution is 5.83. The number of benzene rings is 1. The summed E-state index contributed by atoms with van der Waals surface area (Å²) in [5.41, 5.74) is -0.374. The first-order valence-corrected chi connectivity index (χ1v) is 4.85. The van der Waals surface area contributed by atoms with Crippen LogP contribution in [0.15, 0.2) is 18.2 Å². The minimum atomic E-state index is -1.33. The molecule has 0 heterocycles. The van der Waals surface area contributed by atoms with Gasteiger partial charge in [0.05, 0.1) is 36.8 Å². The molecule has 1 aromatic rings. The number of nitriles is 1. The van der Waals surface area contributed by atoms with Crippen molar-refractivity contribution >= 4 is 11.7 Å². The van der Waals surface area contributed by atoms with Crippen LogP contribution in [-0.4, -0.2) is 25.1 Å². The van der Waals surface area contributed by atoms with Crippen LogP contribution in [0.25, 0.3) is 0 Å². The summed E-state index contributed by atoms with van der Waals surface area (Å²) < 4.78 is 9.29. The molecule has 18 heavy (non-hydrogen) atoms. The van der Waals surface area contributed by atoms with Crippen LogP contribution in [0, 0.1) is 21.4 Å². The molecule has 0 aromatic heterocycles. The Hall–Kier alpha value is -2.62. The Labute approximate surface area is 103 Å². The fraction of sp³-hybridized carbons (Fsp3) is 0.273. The zero-order valence-electron chi connectivity index (χ0n) is 9.75. The lowest BCUT2D eigenvalue weighted by Crippen LogP contribution is -2.14. The predicted molar refractivity (Wildman–Crippen MR) is 60.0 cm³/mol. The van der Waals surface area contributed by atoms with Crippen molar-refractivity contribution in [2.24, 2.45) is 0 Å². The van der Waals surface area contributed by atoms with Gasteiger partial charge in [-0.15, -0.1) is 0 Å². The Bertz CT molecular complexity index is 521. The second kappa shape index (κ2) is 5.63. The number of carbonyl (C=O) groups excluding carboxylic acids is 1. The third-order valence-electron chi connectivity index (χ3n) is 2.31. The molecular weight excluding hydrogens is 240 g/mol. The van der Waals surface area contributed by atoms with Crippen LogP contribution in [0.5, 0.6) is 5.75 Å². The fourth-order valence-electron chi connectivity index (χ4n) is 1.42. The van der Waals surface area contributed by atoms with Gasteiger partial charge < -0.3 is 9.47 Å². The maximum absolute atomic E-state index is 11.4. The van der Waals surface area contributed by atoms with Gasteiger partial charge >= 0.3 is 5.97 Å². The van der Waals surface area contributed by atoms with Crippen molar-refractivity contribution < 1.29 is 19.2 Å². The van der Waals surface area contributed by atoms with Crippen LogP contribution in [-0.2, 0) is 9.53 Å². The lowest BCUT2D eigenvalue weighted by Gasteiger charge is -2.08. The topological polar surface area (TPSA) is 102 Å². The van der Waals surface area contributed by atoms with E-state index in [4.69, 9.17) is 10.00 Å². The molecule has 7 nitrogen and oxygen atoms in total. The number of nitrogens with zero attached hydrogens (tertiary/aromatic N) is 2. The van der Waals surface area contributed by atoms with E-state index in [1.54, 1.807) is 6.07 Å². The maximum atomic E-state index is 11.4. The van der Waals surface area contributed by atoms with Crippen LogP contribution in [0.1, 0.15) is 11.5 Å². The summed E-state index contributed by atoms with van der Waals surface area (Å²) in [6.07, 6.45) is 0. The second-order valence-electron chi connectivity index (χ2n) is 3.27. The smallest absolute Gasteiger partial charge is 0.327 e. The molecule has 1 unspecified atom stereocenters. The number of esters is 1. The van der Waals surface area contributed by atoms with Crippen molar-refractivity contribution in [3.63, 3.8) is 0 Å². The van der Waals surface area contributed by atoms with Gasteiger partial charge in [0.2, 0.25) is 0 Å². The molecule has 0 saturated heterocycles. The van der Waals surface area contributed by atoms with Gasteiger partial charge in [0.15, 0.2) is 5.92 Å². The molecule has 0 fully saturated rings. The highest BCUT2D eigenvalue weighted by atomic mass is 16.6. The summed E-state index contributed by atoms with van der Waals surface area (Å²) in [6.45, 7) is 0. The van der Waals surface area contributed by atoms with E-state index >= 15 is 0 Å². The molecule has 7 heteroatoms. The summed E-state index contributed by atoms with van der Waals surface area (Å²) in [7, 11) is 2.48. The van der Waals surface area contributed by atoms with Crippen LogP contribution in [0.2, 0.25) is 0 Å². The highest BCUT2D eigenvalue weighted by Crippen LogP contribution is 2.30. The molecule has 0 aliphatic carbocycles. The Kier molecular flexibility index (Phi) is 4.21.